The lowest BCUT2D eigenvalue weighted by molar-refractivity contribution is -0.141. The minimum Gasteiger partial charge on any atom is -0.469 e. The van der Waals surface area contributed by atoms with Gasteiger partial charge in [-0.3, -0.25) is 9.59 Å². The number of ketones is 1. The third kappa shape index (κ3) is 2.97. The number of carbonyl (C=O) groups is 2. The molecule has 0 spiro atoms. The van der Waals surface area contributed by atoms with E-state index in [1.807, 2.05) is 24.3 Å². The first-order valence-corrected chi connectivity index (χ1v) is 6.29. The average Bonchev–Trinajstić information content (AvgIpc) is 3.20. The summed E-state index contributed by atoms with van der Waals surface area (Å²) in [6.07, 6.45) is 2.72. The van der Waals surface area contributed by atoms with Crippen LogP contribution < -0.4 is 0 Å². The van der Waals surface area contributed by atoms with Crippen LogP contribution >= 0.6 is 0 Å². The standard InChI is InChI=1S/C15H18O3/c1-10(16)12-4-3-5-13(8-12)14(11-6-7-11)9-15(17)18-2/h3-5,8,11,14H,6-7,9H2,1-2H3/t14-/m0/s1. The predicted molar refractivity (Wildman–Crippen MR) is 68.5 cm³/mol. The maximum absolute atomic E-state index is 11.5. The van der Waals surface area contributed by atoms with E-state index >= 15 is 0 Å². The van der Waals surface area contributed by atoms with E-state index < -0.39 is 0 Å². The Morgan fingerprint density at radius 2 is 2.11 bits per heavy atom. The second-order valence-electron chi connectivity index (χ2n) is 4.91. The fourth-order valence-corrected chi connectivity index (χ4v) is 2.31. The van der Waals surface area contributed by atoms with Crippen molar-refractivity contribution in [3.05, 3.63) is 35.4 Å². The molecule has 96 valence electrons. The second-order valence-corrected chi connectivity index (χ2v) is 4.91. The van der Waals surface area contributed by atoms with Gasteiger partial charge in [0, 0.05) is 5.56 Å². The summed E-state index contributed by atoms with van der Waals surface area (Å²) in [5.41, 5.74) is 1.79. The molecule has 1 saturated carbocycles. The third-order valence-corrected chi connectivity index (χ3v) is 3.53. The quantitative estimate of drug-likeness (QED) is 0.592. The molecule has 0 heterocycles. The van der Waals surface area contributed by atoms with E-state index in [4.69, 9.17) is 4.74 Å². The number of carbonyl (C=O) groups excluding carboxylic acids is 2. The van der Waals surface area contributed by atoms with Crippen LogP contribution in [0.25, 0.3) is 0 Å². The Bertz CT molecular complexity index is 461. The molecule has 18 heavy (non-hydrogen) atoms. The molecule has 0 amide bonds. The van der Waals surface area contributed by atoms with Crippen molar-refractivity contribution >= 4 is 11.8 Å². The van der Waals surface area contributed by atoms with Crippen LogP contribution in [0, 0.1) is 5.92 Å². The van der Waals surface area contributed by atoms with Gasteiger partial charge in [0.25, 0.3) is 0 Å². The van der Waals surface area contributed by atoms with Crippen molar-refractivity contribution in [2.24, 2.45) is 5.92 Å². The first-order chi connectivity index (χ1) is 8.61. The number of esters is 1. The lowest BCUT2D eigenvalue weighted by Gasteiger charge is -2.16. The number of hydrogen-bond acceptors (Lipinski definition) is 3. The zero-order valence-corrected chi connectivity index (χ0v) is 10.8. The highest BCUT2D eigenvalue weighted by Gasteiger charge is 2.34. The summed E-state index contributed by atoms with van der Waals surface area (Å²) in [5.74, 6) is 0.632. The number of benzene rings is 1. The molecule has 1 aliphatic carbocycles. The van der Waals surface area contributed by atoms with Crippen LogP contribution in [0.5, 0.6) is 0 Å². The monoisotopic (exact) mass is 246 g/mol. The first kappa shape index (κ1) is 12.8. The van der Waals surface area contributed by atoms with Gasteiger partial charge in [0.15, 0.2) is 5.78 Å². The summed E-state index contributed by atoms with van der Waals surface area (Å²) >= 11 is 0. The summed E-state index contributed by atoms with van der Waals surface area (Å²) < 4.78 is 4.75. The third-order valence-electron chi connectivity index (χ3n) is 3.53. The van der Waals surface area contributed by atoms with Crippen molar-refractivity contribution in [1.82, 2.24) is 0 Å². The summed E-state index contributed by atoms with van der Waals surface area (Å²) in [7, 11) is 1.41. The van der Waals surface area contributed by atoms with E-state index in [9.17, 15) is 9.59 Å². The smallest absolute Gasteiger partial charge is 0.306 e. The molecule has 1 aromatic carbocycles. The molecule has 0 N–H and O–H groups in total. The van der Waals surface area contributed by atoms with E-state index in [2.05, 4.69) is 0 Å². The minimum atomic E-state index is -0.180. The fraction of sp³-hybridized carbons (Fsp3) is 0.467. The molecule has 1 fully saturated rings. The molecule has 0 aliphatic heterocycles. The van der Waals surface area contributed by atoms with E-state index in [0.29, 0.717) is 17.9 Å². The molecule has 0 unspecified atom stereocenters. The summed E-state index contributed by atoms with van der Waals surface area (Å²) in [4.78, 5) is 22.8. The van der Waals surface area contributed by atoms with Crippen LogP contribution in [0.15, 0.2) is 24.3 Å². The van der Waals surface area contributed by atoms with Gasteiger partial charge >= 0.3 is 5.97 Å². The highest BCUT2D eigenvalue weighted by Crippen LogP contribution is 2.44. The Morgan fingerprint density at radius 3 is 2.67 bits per heavy atom. The van der Waals surface area contributed by atoms with E-state index in [1.165, 1.54) is 7.11 Å². The minimum absolute atomic E-state index is 0.0597. The van der Waals surface area contributed by atoms with Crippen LogP contribution in [-0.2, 0) is 9.53 Å². The van der Waals surface area contributed by atoms with Crippen LogP contribution in [0.2, 0.25) is 0 Å². The maximum atomic E-state index is 11.5. The van der Waals surface area contributed by atoms with Crippen molar-refractivity contribution in [2.45, 2.75) is 32.1 Å². The zero-order chi connectivity index (χ0) is 13.1. The van der Waals surface area contributed by atoms with Gasteiger partial charge in [-0.15, -0.1) is 0 Å². The van der Waals surface area contributed by atoms with E-state index in [0.717, 1.165) is 18.4 Å². The first-order valence-electron chi connectivity index (χ1n) is 6.29. The normalized spacial score (nSPS) is 16.1. The Labute approximate surface area is 107 Å². The van der Waals surface area contributed by atoms with Gasteiger partial charge in [-0.1, -0.05) is 18.2 Å². The van der Waals surface area contributed by atoms with Crippen molar-refractivity contribution < 1.29 is 14.3 Å². The Kier molecular flexibility index (Phi) is 3.80. The van der Waals surface area contributed by atoms with Gasteiger partial charge in [-0.2, -0.15) is 0 Å². The Balaban J connectivity index is 2.22. The predicted octanol–water partition coefficient (Wildman–Crippen LogP) is 2.95. The summed E-state index contributed by atoms with van der Waals surface area (Å²) in [5, 5.41) is 0. The largest absolute Gasteiger partial charge is 0.469 e. The van der Waals surface area contributed by atoms with Gasteiger partial charge in [0.05, 0.1) is 13.5 Å². The summed E-state index contributed by atoms with van der Waals surface area (Å²) in [6, 6.07) is 7.61. The zero-order valence-electron chi connectivity index (χ0n) is 10.8. The maximum Gasteiger partial charge on any atom is 0.306 e. The number of methoxy groups -OCH3 is 1. The number of rotatable bonds is 5. The Hall–Kier alpha value is -1.64. The van der Waals surface area contributed by atoms with Crippen molar-refractivity contribution in [3.63, 3.8) is 0 Å². The molecule has 1 atom stereocenters. The number of Topliss-reactive ketones (excluding diaryl/α,β-unsaturated/α-hetero) is 1. The lowest BCUT2D eigenvalue weighted by atomic mass is 9.89. The van der Waals surface area contributed by atoms with Crippen molar-refractivity contribution in [2.75, 3.05) is 7.11 Å². The highest BCUT2D eigenvalue weighted by molar-refractivity contribution is 5.94. The van der Waals surface area contributed by atoms with Crippen molar-refractivity contribution in [3.8, 4) is 0 Å². The number of hydrogen-bond donors (Lipinski definition) is 0. The van der Waals surface area contributed by atoms with Gasteiger partial charge in [-0.05, 0) is 43.2 Å². The van der Waals surface area contributed by atoms with Crippen LogP contribution in [0.4, 0.5) is 0 Å². The summed E-state index contributed by atoms with van der Waals surface area (Å²) in [6.45, 7) is 1.56. The van der Waals surface area contributed by atoms with E-state index in [-0.39, 0.29) is 17.7 Å². The molecular weight excluding hydrogens is 228 g/mol. The molecule has 3 nitrogen and oxygen atoms in total. The molecule has 1 aromatic rings. The molecule has 1 aliphatic rings. The van der Waals surface area contributed by atoms with Crippen LogP contribution in [0.1, 0.15) is 48.0 Å². The SMILES string of the molecule is COC(=O)C[C@H](c1cccc(C(C)=O)c1)C1CC1. The average molecular weight is 246 g/mol. The lowest BCUT2D eigenvalue weighted by Crippen LogP contribution is -2.11. The van der Waals surface area contributed by atoms with Gasteiger partial charge in [-0.25, -0.2) is 0 Å². The van der Waals surface area contributed by atoms with Gasteiger partial charge in [0.2, 0.25) is 0 Å². The molecular formula is C15H18O3. The molecule has 0 saturated heterocycles. The molecule has 0 aromatic heterocycles. The number of ether oxygens (including phenoxy) is 1. The highest BCUT2D eigenvalue weighted by atomic mass is 16.5. The van der Waals surface area contributed by atoms with E-state index in [1.54, 1.807) is 6.92 Å². The van der Waals surface area contributed by atoms with Gasteiger partial charge < -0.3 is 4.74 Å². The molecule has 3 heteroatoms. The Morgan fingerprint density at radius 1 is 1.39 bits per heavy atom. The van der Waals surface area contributed by atoms with Gasteiger partial charge in [0.1, 0.15) is 0 Å². The molecule has 0 bridgehead atoms. The van der Waals surface area contributed by atoms with Crippen LogP contribution in [-0.4, -0.2) is 18.9 Å². The fourth-order valence-electron chi connectivity index (χ4n) is 2.31. The topological polar surface area (TPSA) is 43.4 Å². The molecule has 2 rings (SSSR count). The van der Waals surface area contributed by atoms with Crippen LogP contribution in [0.3, 0.4) is 0 Å². The van der Waals surface area contributed by atoms with Crippen molar-refractivity contribution in [1.29, 1.82) is 0 Å². The second kappa shape index (κ2) is 5.34. The molecule has 0 radical (unpaired) electrons.